The van der Waals surface area contributed by atoms with Crippen LogP contribution in [0.5, 0.6) is 11.5 Å². The largest absolute Gasteiger partial charge is 0.493 e. The van der Waals surface area contributed by atoms with E-state index in [1.807, 2.05) is 13.0 Å². The van der Waals surface area contributed by atoms with Crippen molar-refractivity contribution in [3.05, 3.63) is 53.1 Å². The Morgan fingerprint density at radius 3 is 2.34 bits per heavy atom. The minimum Gasteiger partial charge on any atom is -0.493 e. The lowest BCUT2D eigenvalue weighted by Crippen LogP contribution is -2.41. The van der Waals surface area contributed by atoms with Gasteiger partial charge in [-0.25, -0.2) is 8.42 Å². The van der Waals surface area contributed by atoms with E-state index in [0.29, 0.717) is 17.9 Å². The van der Waals surface area contributed by atoms with Crippen LogP contribution in [0.25, 0.3) is 0 Å². The third-order valence-corrected chi connectivity index (χ3v) is 5.81. The van der Waals surface area contributed by atoms with Crippen LogP contribution in [0.4, 0.5) is 5.69 Å². The standard InChI is InChI=1S/C20H25ClN2O5S/c1-5-16(14-10-11-18(27-2)19(12-14)28-3)22-20(24)13-23(29(4,25)26)17-9-7-6-8-15(17)21/h6-12,16H,5,13H2,1-4H3,(H,22,24). The molecule has 158 valence electrons. The molecule has 0 saturated carbocycles. The molecule has 0 aliphatic heterocycles. The number of anilines is 1. The van der Waals surface area contributed by atoms with Crippen LogP contribution in [0.2, 0.25) is 5.02 Å². The van der Waals surface area contributed by atoms with Gasteiger partial charge in [0.15, 0.2) is 11.5 Å². The van der Waals surface area contributed by atoms with Gasteiger partial charge < -0.3 is 14.8 Å². The van der Waals surface area contributed by atoms with Crippen LogP contribution in [0.3, 0.4) is 0 Å². The fourth-order valence-electron chi connectivity index (χ4n) is 2.90. The molecule has 1 unspecified atom stereocenters. The van der Waals surface area contributed by atoms with Gasteiger partial charge in [-0.3, -0.25) is 9.10 Å². The van der Waals surface area contributed by atoms with Crippen molar-refractivity contribution in [3.63, 3.8) is 0 Å². The Kier molecular flexibility index (Phi) is 7.75. The highest BCUT2D eigenvalue weighted by atomic mass is 35.5. The molecule has 0 aliphatic carbocycles. The predicted octanol–water partition coefficient (Wildman–Crippen LogP) is 3.39. The third-order valence-electron chi connectivity index (χ3n) is 4.36. The maximum absolute atomic E-state index is 12.7. The summed E-state index contributed by atoms with van der Waals surface area (Å²) in [5.41, 5.74) is 1.08. The summed E-state index contributed by atoms with van der Waals surface area (Å²) < 4.78 is 36.1. The normalized spacial score (nSPS) is 12.2. The van der Waals surface area contributed by atoms with Crippen LogP contribution >= 0.6 is 11.6 Å². The average Bonchev–Trinajstić information content (AvgIpc) is 2.69. The van der Waals surface area contributed by atoms with Gasteiger partial charge in [-0.15, -0.1) is 0 Å². The molecule has 9 heteroatoms. The Morgan fingerprint density at radius 2 is 1.79 bits per heavy atom. The van der Waals surface area contributed by atoms with Crippen molar-refractivity contribution in [1.29, 1.82) is 0 Å². The fourth-order valence-corrected chi connectivity index (χ4v) is 4.05. The van der Waals surface area contributed by atoms with Crippen molar-refractivity contribution in [1.82, 2.24) is 5.32 Å². The fraction of sp³-hybridized carbons (Fsp3) is 0.350. The lowest BCUT2D eigenvalue weighted by molar-refractivity contribution is -0.120. The van der Waals surface area contributed by atoms with Crippen LogP contribution in [0.15, 0.2) is 42.5 Å². The number of carbonyl (C=O) groups excluding carboxylic acids is 1. The molecule has 1 amide bonds. The molecule has 29 heavy (non-hydrogen) atoms. The van der Waals surface area contributed by atoms with Crippen LogP contribution in [-0.4, -0.2) is 41.3 Å². The Labute approximate surface area is 176 Å². The second-order valence-corrected chi connectivity index (χ2v) is 8.68. The highest BCUT2D eigenvalue weighted by Gasteiger charge is 2.24. The van der Waals surface area contributed by atoms with Crippen molar-refractivity contribution in [2.45, 2.75) is 19.4 Å². The van der Waals surface area contributed by atoms with Gasteiger partial charge >= 0.3 is 0 Å². The number of ether oxygens (including phenoxy) is 2. The Hall–Kier alpha value is -2.45. The maximum Gasteiger partial charge on any atom is 0.241 e. The second kappa shape index (κ2) is 9.84. The average molecular weight is 441 g/mol. The molecular formula is C20H25ClN2O5S. The van der Waals surface area contributed by atoms with Gasteiger partial charge in [0.25, 0.3) is 0 Å². The van der Waals surface area contributed by atoms with E-state index in [1.165, 1.54) is 7.11 Å². The SMILES string of the molecule is CCC(NC(=O)CN(c1ccccc1Cl)S(C)(=O)=O)c1ccc(OC)c(OC)c1. The molecule has 2 aromatic rings. The van der Waals surface area contributed by atoms with Crippen LogP contribution in [0.1, 0.15) is 24.9 Å². The Morgan fingerprint density at radius 1 is 1.14 bits per heavy atom. The summed E-state index contributed by atoms with van der Waals surface area (Å²) in [5, 5.41) is 3.13. The number of rotatable bonds is 9. The van der Waals surface area contributed by atoms with Crippen LogP contribution in [-0.2, 0) is 14.8 Å². The van der Waals surface area contributed by atoms with E-state index >= 15 is 0 Å². The monoisotopic (exact) mass is 440 g/mol. The highest BCUT2D eigenvalue weighted by Crippen LogP contribution is 2.31. The van der Waals surface area contributed by atoms with Gasteiger partial charge in [-0.1, -0.05) is 36.7 Å². The number of methoxy groups -OCH3 is 2. The highest BCUT2D eigenvalue weighted by molar-refractivity contribution is 7.92. The van der Waals surface area contributed by atoms with E-state index in [2.05, 4.69) is 5.32 Å². The molecule has 0 fully saturated rings. The number of hydrogen-bond donors (Lipinski definition) is 1. The molecule has 7 nitrogen and oxygen atoms in total. The molecule has 1 atom stereocenters. The number of hydrogen-bond acceptors (Lipinski definition) is 5. The van der Waals surface area contributed by atoms with Crippen molar-refractivity contribution in [2.24, 2.45) is 0 Å². The molecule has 0 spiro atoms. The second-order valence-electron chi connectivity index (χ2n) is 6.36. The van der Waals surface area contributed by atoms with Gasteiger partial charge in [-0.05, 0) is 36.2 Å². The van der Waals surface area contributed by atoms with Gasteiger partial charge in [0.2, 0.25) is 15.9 Å². The summed E-state index contributed by atoms with van der Waals surface area (Å²) >= 11 is 6.14. The molecule has 1 N–H and O–H groups in total. The number of para-hydroxylation sites is 1. The molecule has 0 aliphatic rings. The zero-order valence-electron chi connectivity index (χ0n) is 16.8. The smallest absolute Gasteiger partial charge is 0.241 e. The summed E-state index contributed by atoms with van der Waals surface area (Å²) in [6.45, 7) is 1.54. The quantitative estimate of drug-likeness (QED) is 0.646. The molecule has 2 rings (SSSR count). The van der Waals surface area contributed by atoms with Gasteiger partial charge in [-0.2, -0.15) is 0 Å². The van der Waals surface area contributed by atoms with Crippen molar-refractivity contribution >= 4 is 33.2 Å². The van der Waals surface area contributed by atoms with Crippen LogP contribution < -0.4 is 19.1 Å². The zero-order chi connectivity index (χ0) is 21.6. The maximum atomic E-state index is 12.7. The molecule has 0 aromatic heterocycles. The van der Waals surface area contributed by atoms with Crippen molar-refractivity contribution < 1.29 is 22.7 Å². The molecular weight excluding hydrogens is 416 g/mol. The van der Waals surface area contributed by atoms with E-state index in [1.54, 1.807) is 43.5 Å². The lowest BCUT2D eigenvalue weighted by Gasteiger charge is -2.25. The molecule has 2 aromatic carbocycles. The van der Waals surface area contributed by atoms with E-state index in [0.717, 1.165) is 16.1 Å². The topological polar surface area (TPSA) is 84.9 Å². The molecule has 0 heterocycles. The summed E-state index contributed by atoms with van der Waals surface area (Å²) in [5.74, 6) is 0.683. The van der Waals surface area contributed by atoms with E-state index in [9.17, 15) is 13.2 Å². The summed E-state index contributed by atoms with van der Waals surface area (Å²) in [4.78, 5) is 12.7. The minimum absolute atomic E-state index is 0.248. The summed E-state index contributed by atoms with van der Waals surface area (Å²) in [6.07, 6.45) is 1.64. The van der Waals surface area contributed by atoms with Crippen molar-refractivity contribution in [3.8, 4) is 11.5 Å². The molecule has 0 radical (unpaired) electrons. The number of nitrogens with zero attached hydrogens (tertiary/aromatic N) is 1. The van der Waals surface area contributed by atoms with Crippen LogP contribution in [0, 0.1) is 0 Å². The first-order valence-electron chi connectivity index (χ1n) is 8.94. The summed E-state index contributed by atoms with van der Waals surface area (Å²) in [6, 6.07) is 11.5. The Bertz CT molecular complexity index is 965. The van der Waals surface area contributed by atoms with Gasteiger partial charge in [0, 0.05) is 0 Å². The van der Waals surface area contributed by atoms with Crippen molar-refractivity contribution in [2.75, 3.05) is 31.3 Å². The molecule has 0 saturated heterocycles. The first-order chi connectivity index (χ1) is 13.7. The predicted molar refractivity (Wildman–Crippen MR) is 114 cm³/mol. The number of carbonyl (C=O) groups is 1. The Balaban J connectivity index is 2.23. The van der Waals surface area contributed by atoms with Gasteiger partial charge in [0.05, 0.1) is 37.2 Å². The number of nitrogens with one attached hydrogen (secondary N) is 1. The van der Waals surface area contributed by atoms with E-state index in [-0.39, 0.29) is 23.3 Å². The third kappa shape index (κ3) is 5.77. The molecule has 0 bridgehead atoms. The van der Waals surface area contributed by atoms with E-state index < -0.39 is 15.9 Å². The van der Waals surface area contributed by atoms with E-state index in [4.69, 9.17) is 21.1 Å². The lowest BCUT2D eigenvalue weighted by atomic mass is 10.0. The number of halogens is 1. The zero-order valence-corrected chi connectivity index (χ0v) is 18.4. The van der Waals surface area contributed by atoms with Gasteiger partial charge in [0.1, 0.15) is 6.54 Å². The number of sulfonamides is 1. The summed E-state index contributed by atoms with van der Waals surface area (Å²) in [7, 11) is -0.628. The number of benzene rings is 2. The first kappa shape index (κ1) is 22.8. The number of amides is 1. The first-order valence-corrected chi connectivity index (χ1v) is 11.2. The minimum atomic E-state index is -3.71.